The minimum atomic E-state index is 0. The zero-order valence-electron chi connectivity index (χ0n) is 17.8. The third kappa shape index (κ3) is 9.97. The first-order valence-corrected chi connectivity index (χ1v) is 9.55. The number of allylic oxidation sites excluding steroid dienone is 8. The number of rotatable bonds is 6. The van der Waals surface area contributed by atoms with E-state index in [9.17, 15) is 0 Å². The quantitative estimate of drug-likeness (QED) is 0.416. The molecule has 0 amide bonds. The summed E-state index contributed by atoms with van der Waals surface area (Å²) in [6.07, 6.45) is 19.1. The molecule has 2 aromatic carbocycles. The van der Waals surface area contributed by atoms with Crippen molar-refractivity contribution in [3.63, 3.8) is 0 Å². The van der Waals surface area contributed by atoms with Gasteiger partial charge in [-0.2, -0.15) is 12.2 Å². The van der Waals surface area contributed by atoms with Gasteiger partial charge in [0.15, 0.2) is 0 Å². The van der Waals surface area contributed by atoms with Crippen LogP contribution in [0.4, 0.5) is 0 Å². The summed E-state index contributed by atoms with van der Waals surface area (Å²) in [5.74, 6) is 1.82. The van der Waals surface area contributed by atoms with Crippen LogP contribution in [0.5, 0.6) is 11.5 Å². The van der Waals surface area contributed by atoms with Gasteiger partial charge in [0.2, 0.25) is 0 Å². The monoisotopic (exact) mass is 488 g/mol. The van der Waals surface area contributed by atoms with E-state index < -0.39 is 0 Å². The Morgan fingerprint density at radius 3 is 1.26 bits per heavy atom. The van der Waals surface area contributed by atoms with Crippen molar-refractivity contribution in [2.24, 2.45) is 0 Å². The topological polar surface area (TPSA) is 18.5 Å². The van der Waals surface area contributed by atoms with Crippen LogP contribution >= 0.6 is 0 Å². The van der Waals surface area contributed by atoms with Crippen LogP contribution in [-0.2, 0) is 34.6 Å². The third-order valence-corrected chi connectivity index (χ3v) is 4.64. The molecule has 0 heterocycles. The van der Waals surface area contributed by atoms with Gasteiger partial charge in [-0.1, -0.05) is 24.3 Å². The molecule has 4 rings (SSSR count). The number of ether oxygens (including phenoxy) is 2. The Morgan fingerprint density at radius 1 is 0.645 bits per heavy atom. The summed E-state index contributed by atoms with van der Waals surface area (Å²) in [7, 11) is 3.37. The Kier molecular flexibility index (Phi) is 15.1. The van der Waals surface area contributed by atoms with Crippen molar-refractivity contribution in [3.05, 3.63) is 107 Å². The van der Waals surface area contributed by atoms with Gasteiger partial charge in [0.25, 0.3) is 0 Å². The van der Waals surface area contributed by atoms with E-state index in [2.05, 4.69) is 60.7 Å². The van der Waals surface area contributed by atoms with Crippen LogP contribution in [0.15, 0.2) is 84.0 Å². The van der Waals surface area contributed by atoms with Gasteiger partial charge >= 0.3 is 21.7 Å². The normalized spacial score (nSPS) is 12.8. The molecule has 0 aromatic heterocycles. The second kappa shape index (κ2) is 16.0. The number of methoxy groups -OCH3 is 2. The SMILES string of the molecule is COc1ccc(CC2=[C-]CC=C2)cc1.COc1ccc(CC2=[C-]CC=C2)cc1.[Cl-].[Cl-].[Ti+2]. The van der Waals surface area contributed by atoms with Gasteiger partial charge in [-0.3, -0.25) is 12.2 Å². The zero-order chi connectivity index (χ0) is 19.6. The summed E-state index contributed by atoms with van der Waals surface area (Å²) < 4.78 is 10.2. The van der Waals surface area contributed by atoms with Crippen LogP contribution in [-0.4, -0.2) is 14.2 Å². The molecule has 2 aromatic rings. The summed E-state index contributed by atoms with van der Waals surface area (Å²) in [6, 6.07) is 16.4. The van der Waals surface area contributed by atoms with E-state index >= 15 is 0 Å². The minimum absolute atomic E-state index is 0. The van der Waals surface area contributed by atoms with Crippen LogP contribution in [0, 0.1) is 12.2 Å². The Hall–Kier alpha value is -1.71. The van der Waals surface area contributed by atoms with Crippen molar-refractivity contribution in [1.82, 2.24) is 0 Å². The van der Waals surface area contributed by atoms with Crippen LogP contribution in [0.3, 0.4) is 0 Å². The molecule has 31 heavy (non-hydrogen) atoms. The van der Waals surface area contributed by atoms with E-state index in [4.69, 9.17) is 9.47 Å². The molecule has 162 valence electrons. The summed E-state index contributed by atoms with van der Waals surface area (Å²) >= 11 is 0. The Balaban J connectivity index is 0.000000529. The van der Waals surface area contributed by atoms with E-state index in [0.717, 1.165) is 37.2 Å². The van der Waals surface area contributed by atoms with Gasteiger partial charge in [-0.15, -0.1) is 12.8 Å². The zero-order valence-corrected chi connectivity index (χ0v) is 20.9. The maximum absolute atomic E-state index is 5.10. The average molecular weight is 489 g/mol. The third-order valence-electron chi connectivity index (χ3n) is 4.64. The summed E-state index contributed by atoms with van der Waals surface area (Å²) in [5, 5.41) is 0. The predicted octanol–water partition coefficient (Wildman–Crippen LogP) is -0.140. The number of hydrogen-bond donors (Lipinski definition) is 0. The fourth-order valence-electron chi connectivity index (χ4n) is 3.07. The van der Waals surface area contributed by atoms with Gasteiger partial charge in [0.1, 0.15) is 11.5 Å². The van der Waals surface area contributed by atoms with Gasteiger partial charge in [-0.05, 0) is 48.2 Å². The van der Waals surface area contributed by atoms with E-state index in [1.807, 2.05) is 24.3 Å². The molecule has 0 N–H and O–H groups in total. The summed E-state index contributed by atoms with van der Waals surface area (Å²) in [4.78, 5) is 0. The minimum Gasteiger partial charge on any atom is -1.00 e. The van der Waals surface area contributed by atoms with Gasteiger partial charge in [-0.25, -0.2) is 23.3 Å². The molecule has 0 bridgehead atoms. The van der Waals surface area contributed by atoms with Crippen molar-refractivity contribution >= 4 is 0 Å². The number of halogens is 2. The van der Waals surface area contributed by atoms with E-state index in [-0.39, 0.29) is 46.5 Å². The molecule has 2 aliphatic carbocycles. The van der Waals surface area contributed by atoms with Crippen molar-refractivity contribution < 1.29 is 56.0 Å². The molecule has 2 aliphatic rings. The van der Waals surface area contributed by atoms with Gasteiger partial charge in [0.05, 0.1) is 14.2 Å². The van der Waals surface area contributed by atoms with Crippen LogP contribution < -0.4 is 34.3 Å². The van der Waals surface area contributed by atoms with Crippen molar-refractivity contribution in [3.8, 4) is 11.5 Å². The molecule has 0 saturated heterocycles. The first-order chi connectivity index (χ1) is 13.8. The molecule has 0 saturated carbocycles. The standard InChI is InChI=1S/2C13H13O.2ClH.Ti/c2*1-14-13-8-6-12(7-9-13)10-11-4-2-3-5-11;;;/h2*2,4,6-9H,3,10H2,1H3;2*1H;/q2*-1;;;+2/p-2. The Morgan fingerprint density at radius 2 is 1.00 bits per heavy atom. The molecule has 0 spiro atoms. The predicted molar refractivity (Wildman–Crippen MR) is 114 cm³/mol. The van der Waals surface area contributed by atoms with E-state index in [1.54, 1.807) is 14.2 Å². The first kappa shape index (κ1) is 29.3. The van der Waals surface area contributed by atoms with Crippen molar-refractivity contribution in [2.45, 2.75) is 25.7 Å². The largest absolute Gasteiger partial charge is 2.00 e. The maximum Gasteiger partial charge on any atom is 2.00 e. The molecule has 0 unspecified atom stereocenters. The average Bonchev–Trinajstić information content (AvgIpc) is 3.44. The molecule has 5 heteroatoms. The van der Waals surface area contributed by atoms with E-state index in [1.165, 1.54) is 22.3 Å². The maximum atomic E-state index is 5.10. The second-order valence-electron chi connectivity index (χ2n) is 6.67. The molecule has 0 atom stereocenters. The van der Waals surface area contributed by atoms with Gasteiger partial charge in [0, 0.05) is 0 Å². The molecular formula is C26H26Cl2O2Ti-2. The second-order valence-corrected chi connectivity index (χ2v) is 6.67. The number of benzene rings is 2. The van der Waals surface area contributed by atoms with Crippen LogP contribution in [0.1, 0.15) is 24.0 Å². The molecule has 0 fully saturated rings. The van der Waals surface area contributed by atoms with Crippen LogP contribution in [0.2, 0.25) is 0 Å². The number of hydrogen-bond acceptors (Lipinski definition) is 2. The Labute approximate surface area is 213 Å². The summed E-state index contributed by atoms with van der Waals surface area (Å²) in [6.45, 7) is 0. The smallest absolute Gasteiger partial charge is 1.00 e. The van der Waals surface area contributed by atoms with Crippen molar-refractivity contribution in [1.29, 1.82) is 0 Å². The fourth-order valence-corrected chi connectivity index (χ4v) is 3.07. The van der Waals surface area contributed by atoms with E-state index in [0.29, 0.717) is 0 Å². The van der Waals surface area contributed by atoms with Crippen molar-refractivity contribution in [2.75, 3.05) is 14.2 Å². The van der Waals surface area contributed by atoms with Gasteiger partial charge < -0.3 is 34.3 Å². The molecule has 0 radical (unpaired) electrons. The fraction of sp³-hybridized carbons (Fsp3) is 0.231. The molecule has 2 nitrogen and oxygen atoms in total. The van der Waals surface area contributed by atoms with Crippen LogP contribution in [0.25, 0.3) is 0 Å². The molecule has 0 aliphatic heterocycles. The Bertz CT molecular complexity index is 807. The first-order valence-electron chi connectivity index (χ1n) is 9.55. The summed E-state index contributed by atoms with van der Waals surface area (Å²) in [5.41, 5.74) is 5.19. The molecular weight excluding hydrogens is 463 g/mol.